The summed E-state index contributed by atoms with van der Waals surface area (Å²) in [5.41, 5.74) is 12.4. The van der Waals surface area contributed by atoms with Crippen molar-refractivity contribution in [2.75, 3.05) is 13.1 Å². The molecule has 1 atom stereocenters. The Morgan fingerprint density at radius 2 is 2.30 bits per heavy atom. The molecule has 0 radical (unpaired) electrons. The molecule has 1 rings (SSSR count). The number of nitrogens with two attached hydrogens (primary N) is 2. The molecule has 58 valence electrons. The maximum Gasteiger partial charge on any atom is 0.0136 e. The monoisotopic (exact) mass is 140 g/mol. The highest BCUT2D eigenvalue weighted by Crippen LogP contribution is 2.20. The van der Waals surface area contributed by atoms with E-state index in [0.717, 1.165) is 13.1 Å². The van der Waals surface area contributed by atoms with Crippen molar-refractivity contribution >= 4 is 0 Å². The minimum absolute atomic E-state index is 0.604. The lowest BCUT2D eigenvalue weighted by Gasteiger charge is -2.18. The van der Waals surface area contributed by atoms with Crippen LogP contribution in [-0.4, -0.2) is 13.1 Å². The van der Waals surface area contributed by atoms with E-state index in [1.165, 1.54) is 24.8 Å². The summed E-state index contributed by atoms with van der Waals surface area (Å²) in [6.07, 6.45) is 5.96. The van der Waals surface area contributed by atoms with E-state index in [1.54, 1.807) is 0 Å². The van der Waals surface area contributed by atoms with Crippen LogP contribution in [0, 0.1) is 5.92 Å². The summed E-state index contributed by atoms with van der Waals surface area (Å²) in [5.74, 6) is 0.604. The van der Waals surface area contributed by atoms with Gasteiger partial charge in [-0.25, -0.2) is 0 Å². The van der Waals surface area contributed by atoms with Crippen molar-refractivity contribution in [3.63, 3.8) is 0 Å². The zero-order valence-electron chi connectivity index (χ0n) is 6.34. The maximum atomic E-state index is 5.53. The third-order valence-electron chi connectivity index (χ3n) is 2.11. The summed E-state index contributed by atoms with van der Waals surface area (Å²) in [7, 11) is 0. The van der Waals surface area contributed by atoms with E-state index in [2.05, 4.69) is 6.08 Å². The van der Waals surface area contributed by atoms with Gasteiger partial charge in [0.05, 0.1) is 0 Å². The lowest BCUT2D eigenvalue weighted by atomic mass is 9.91. The maximum absolute atomic E-state index is 5.53. The van der Waals surface area contributed by atoms with Gasteiger partial charge >= 0.3 is 0 Å². The van der Waals surface area contributed by atoms with E-state index in [-0.39, 0.29) is 0 Å². The molecule has 0 amide bonds. The van der Waals surface area contributed by atoms with Crippen molar-refractivity contribution in [2.24, 2.45) is 17.4 Å². The Morgan fingerprint density at radius 1 is 1.50 bits per heavy atom. The van der Waals surface area contributed by atoms with E-state index in [9.17, 15) is 0 Å². The van der Waals surface area contributed by atoms with Gasteiger partial charge < -0.3 is 11.5 Å². The molecule has 0 aromatic heterocycles. The van der Waals surface area contributed by atoms with Crippen LogP contribution >= 0.6 is 0 Å². The lowest BCUT2D eigenvalue weighted by Crippen LogP contribution is -2.17. The van der Waals surface area contributed by atoms with Crippen LogP contribution in [0.25, 0.3) is 0 Å². The fourth-order valence-electron chi connectivity index (χ4n) is 1.45. The molecule has 0 fully saturated rings. The van der Waals surface area contributed by atoms with Crippen LogP contribution < -0.4 is 11.5 Å². The molecule has 10 heavy (non-hydrogen) atoms. The molecule has 2 heteroatoms. The zero-order chi connectivity index (χ0) is 7.40. The van der Waals surface area contributed by atoms with E-state index < -0.39 is 0 Å². The average Bonchev–Trinajstić information content (AvgIpc) is 2.05. The molecule has 0 spiro atoms. The van der Waals surface area contributed by atoms with Crippen LogP contribution in [0.4, 0.5) is 0 Å². The summed E-state index contributed by atoms with van der Waals surface area (Å²) < 4.78 is 0. The molecule has 1 aliphatic rings. The van der Waals surface area contributed by atoms with Crippen molar-refractivity contribution < 1.29 is 0 Å². The van der Waals surface area contributed by atoms with Gasteiger partial charge in [-0.1, -0.05) is 11.6 Å². The molecule has 0 aromatic carbocycles. The highest BCUT2D eigenvalue weighted by atomic mass is 14.6. The second-order valence-corrected chi connectivity index (χ2v) is 2.92. The van der Waals surface area contributed by atoms with Gasteiger partial charge in [-0.15, -0.1) is 0 Å². The van der Waals surface area contributed by atoms with Gasteiger partial charge in [0.15, 0.2) is 0 Å². The predicted octanol–water partition coefficient (Wildman–Crippen LogP) is 0.630. The minimum atomic E-state index is 0.604. The van der Waals surface area contributed by atoms with E-state index in [1.807, 2.05) is 0 Å². The molecule has 1 unspecified atom stereocenters. The number of rotatable bonds is 2. The number of hydrogen-bond donors (Lipinski definition) is 2. The first kappa shape index (κ1) is 7.76. The first-order chi connectivity index (χ1) is 4.86. The van der Waals surface area contributed by atoms with Crippen molar-refractivity contribution in [3.8, 4) is 0 Å². The highest BCUT2D eigenvalue weighted by molar-refractivity contribution is 5.09. The largest absolute Gasteiger partial charge is 0.330 e. The SMILES string of the molecule is NCC1=CC(CN)CCC1. The van der Waals surface area contributed by atoms with E-state index >= 15 is 0 Å². The molecule has 0 bridgehead atoms. The minimum Gasteiger partial charge on any atom is -0.330 e. The summed E-state index contributed by atoms with van der Waals surface area (Å²) >= 11 is 0. The molecule has 2 nitrogen and oxygen atoms in total. The van der Waals surface area contributed by atoms with Gasteiger partial charge in [0.1, 0.15) is 0 Å². The van der Waals surface area contributed by atoms with Gasteiger partial charge in [-0.3, -0.25) is 0 Å². The molecule has 0 saturated heterocycles. The summed E-state index contributed by atoms with van der Waals surface area (Å²) in [6.45, 7) is 1.50. The van der Waals surface area contributed by atoms with Crippen molar-refractivity contribution in [1.82, 2.24) is 0 Å². The number of hydrogen-bond acceptors (Lipinski definition) is 2. The van der Waals surface area contributed by atoms with E-state index in [0.29, 0.717) is 5.92 Å². The molecule has 0 saturated carbocycles. The van der Waals surface area contributed by atoms with Crippen LogP contribution in [-0.2, 0) is 0 Å². The standard InChI is InChI=1S/C8H16N2/c9-5-7-2-1-3-8(4-7)6-10/h4,7H,1-3,5-6,9-10H2. The van der Waals surface area contributed by atoms with Gasteiger partial charge in [0.2, 0.25) is 0 Å². The first-order valence-corrected chi connectivity index (χ1v) is 3.96. The molecule has 0 aliphatic heterocycles. The molecule has 1 aliphatic carbocycles. The fourth-order valence-corrected chi connectivity index (χ4v) is 1.45. The van der Waals surface area contributed by atoms with Gasteiger partial charge in [-0.05, 0) is 31.7 Å². The van der Waals surface area contributed by atoms with Crippen molar-refractivity contribution in [2.45, 2.75) is 19.3 Å². The summed E-state index contributed by atoms with van der Waals surface area (Å²) in [4.78, 5) is 0. The molecular weight excluding hydrogens is 124 g/mol. The Morgan fingerprint density at radius 3 is 2.90 bits per heavy atom. The highest BCUT2D eigenvalue weighted by Gasteiger charge is 2.10. The molecular formula is C8H16N2. The van der Waals surface area contributed by atoms with Crippen LogP contribution in [0.3, 0.4) is 0 Å². The molecule has 4 N–H and O–H groups in total. The molecule has 0 heterocycles. The molecule has 0 aromatic rings. The Bertz CT molecular complexity index is 129. The average molecular weight is 140 g/mol. The van der Waals surface area contributed by atoms with Crippen LogP contribution in [0.5, 0.6) is 0 Å². The third kappa shape index (κ3) is 1.82. The predicted molar refractivity (Wildman–Crippen MR) is 43.5 cm³/mol. The quantitative estimate of drug-likeness (QED) is 0.553. The summed E-state index contributed by atoms with van der Waals surface area (Å²) in [6, 6.07) is 0. The lowest BCUT2D eigenvalue weighted by molar-refractivity contribution is 0.533. The second-order valence-electron chi connectivity index (χ2n) is 2.92. The van der Waals surface area contributed by atoms with Crippen LogP contribution in [0.1, 0.15) is 19.3 Å². The summed E-state index contributed by atoms with van der Waals surface area (Å²) in [5, 5.41) is 0. The first-order valence-electron chi connectivity index (χ1n) is 3.96. The Hall–Kier alpha value is -0.340. The van der Waals surface area contributed by atoms with Crippen LogP contribution in [0.15, 0.2) is 11.6 Å². The Kier molecular flexibility index (Phi) is 2.90. The van der Waals surface area contributed by atoms with E-state index in [4.69, 9.17) is 11.5 Å². The van der Waals surface area contributed by atoms with Gasteiger partial charge in [0, 0.05) is 6.54 Å². The van der Waals surface area contributed by atoms with Crippen molar-refractivity contribution in [3.05, 3.63) is 11.6 Å². The third-order valence-corrected chi connectivity index (χ3v) is 2.11. The normalized spacial score (nSPS) is 26.2. The van der Waals surface area contributed by atoms with Gasteiger partial charge in [0.25, 0.3) is 0 Å². The zero-order valence-corrected chi connectivity index (χ0v) is 6.34. The second kappa shape index (κ2) is 3.74. The topological polar surface area (TPSA) is 52.0 Å². The van der Waals surface area contributed by atoms with Crippen LogP contribution in [0.2, 0.25) is 0 Å². The smallest absolute Gasteiger partial charge is 0.0136 e. The Balaban J connectivity index is 2.48. The fraction of sp³-hybridized carbons (Fsp3) is 0.750. The Labute approximate surface area is 62.3 Å². The van der Waals surface area contributed by atoms with Crippen molar-refractivity contribution in [1.29, 1.82) is 0 Å². The van der Waals surface area contributed by atoms with Gasteiger partial charge in [-0.2, -0.15) is 0 Å².